The average Bonchev–Trinajstić information content (AvgIpc) is 2.58. The van der Waals surface area contributed by atoms with Gasteiger partial charge in [-0.3, -0.25) is 9.59 Å². The molecule has 126 valence electrons. The number of ether oxygens (including phenoxy) is 2. The van der Waals surface area contributed by atoms with Crippen molar-refractivity contribution >= 4 is 23.5 Å². The number of amides is 1. The van der Waals surface area contributed by atoms with Gasteiger partial charge in [0.25, 0.3) is 5.91 Å². The van der Waals surface area contributed by atoms with Gasteiger partial charge in [0, 0.05) is 10.6 Å². The molecule has 0 fully saturated rings. The molecule has 2 aromatic rings. The van der Waals surface area contributed by atoms with Gasteiger partial charge in [-0.25, -0.2) is 0 Å². The smallest absolute Gasteiger partial charge is 0.325 e. The maximum absolute atomic E-state index is 11.8. The molecule has 2 aromatic carbocycles. The number of carbonyl (C=O) groups is 2. The Kier molecular flexibility index (Phi) is 6.63. The summed E-state index contributed by atoms with van der Waals surface area (Å²) in [7, 11) is 0. The van der Waals surface area contributed by atoms with E-state index in [-0.39, 0.29) is 25.7 Å². The maximum Gasteiger partial charge on any atom is 0.325 e. The van der Waals surface area contributed by atoms with Gasteiger partial charge in [0.1, 0.15) is 25.5 Å². The molecule has 0 unspecified atom stereocenters. The number of para-hydroxylation sites is 1. The van der Waals surface area contributed by atoms with Crippen LogP contribution in [-0.4, -0.2) is 31.6 Å². The fourth-order valence-corrected chi connectivity index (χ4v) is 2.06. The predicted octanol–water partition coefficient (Wildman–Crippen LogP) is 3.00. The van der Waals surface area contributed by atoms with E-state index in [1.54, 1.807) is 24.3 Å². The summed E-state index contributed by atoms with van der Waals surface area (Å²) in [5.74, 6) is -0.130. The number of hydrogen-bond acceptors (Lipinski definition) is 4. The predicted molar refractivity (Wildman–Crippen MR) is 91.4 cm³/mol. The van der Waals surface area contributed by atoms with Crippen LogP contribution < -0.4 is 10.1 Å². The van der Waals surface area contributed by atoms with Gasteiger partial charge >= 0.3 is 5.97 Å². The molecule has 0 bridgehead atoms. The van der Waals surface area contributed by atoms with Gasteiger partial charge in [0.15, 0.2) is 0 Å². The van der Waals surface area contributed by atoms with E-state index in [1.165, 1.54) is 0 Å². The molecule has 2 rings (SSSR count). The fourth-order valence-electron chi connectivity index (χ4n) is 1.93. The average molecular weight is 348 g/mol. The summed E-state index contributed by atoms with van der Waals surface area (Å²) in [4.78, 5) is 23.4. The number of nitrogens with one attached hydrogen (secondary N) is 1. The lowest BCUT2D eigenvalue weighted by molar-refractivity contribution is -0.143. The van der Waals surface area contributed by atoms with E-state index in [9.17, 15) is 9.59 Å². The van der Waals surface area contributed by atoms with Gasteiger partial charge < -0.3 is 14.8 Å². The minimum atomic E-state index is -0.523. The highest BCUT2D eigenvalue weighted by molar-refractivity contribution is 6.30. The van der Waals surface area contributed by atoms with Crippen molar-refractivity contribution in [2.45, 2.75) is 6.92 Å². The first-order chi connectivity index (χ1) is 11.6. The maximum atomic E-state index is 11.8. The van der Waals surface area contributed by atoms with E-state index in [4.69, 9.17) is 21.1 Å². The van der Waals surface area contributed by atoms with Crippen molar-refractivity contribution in [3.05, 3.63) is 64.7 Å². The van der Waals surface area contributed by atoms with Crippen molar-refractivity contribution in [2.24, 2.45) is 0 Å². The third kappa shape index (κ3) is 5.59. The van der Waals surface area contributed by atoms with Crippen LogP contribution in [0, 0.1) is 6.92 Å². The number of benzene rings is 2. The molecule has 5 nitrogen and oxygen atoms in total. The molecule has 0 aromatic heterocycles. The molecular weight excluding hydrogens is 330 g/mol. The molecule has 6 heteroatoms. The molecule has 0 radical (unpaired) electrons. The number of carbonyl (C=O) groups excluding carboxylic acids is 2. The van der Waals surface area contributed by atoms with Crippen LogP contribution in [0.15, 0.2) is 48.5 Å². The van der Waals surface area contributed by atoms with E-state index in [0.29, 0.717) is 10.6 Å². The quantitative estimate of drug-likeness (QED) is 0.617. The molecule has 0 saturated heterocycles. The second-order valence-corrected chi connectivity index (χ2v) is 5.46. The summed E-state index contributed by atoms with van der Waals surface area (Å²) >= 11 is 5.75. The lowest BCUT2D eigenvalue weighted by Gasteiger charge is -2.10. The number of hydrogen-bond donors (Lipinski definition) is 1. The van der Waals surface area contributed by atoms with Crippen LogP contribution >= 0.6 is 11.6 Å². The minimum Gasteiger partial charge on any atom is -0.490 e. The molecule has 0 aliphatic rings. The molecule has 0 aliphatic heterocycles. The van der Waals surface area contributed by atoms with Crippen LogP contribution in [0.5, 0.6) is 5.75 Å². The Morgan fingerprint density at radius 2 is 1.75 bits per heavy atom. The lowest BCUT2D eigenvalue weighted by atomic mass is 10.2. The third-order valence-corrected chi connectivity index (χ3v) is 3.45. The highest BCUT2D eigenvalue weighted by atomic mass is 35.5. The topological polar surface area (TPSA) is 64.6 Å². The first kappa shape index (κ1) is 17.8. The zero-order valence-electron chi connectivity index (χ0n) is 13.3. The van der Waals surface area contributed by atoms with E-state index in [0.717, 1.165) is 11.3 Å². The fraction of sp³-hybridized carbons (Fsp3) is 0.222. The van der Waals surface area contributed by atoms with Crippen molar-refractivity contribution in [1.29, 1.82) is 0 Å². The van der Waals surface area contributed by atoms with E-state index < -0.39 is 5.97 Å². The summed E-state index contributed by atoms with van der Waals surface area (Å²) < 4.78 is 10.5. The number of halogens is 1. The van der Waals surface area contributed by atoms with Gasteiger partial charge in [0.2, 0.25) is 0 Å². The standard InChI is InChI=1S/C18H18ClNO4/c1-13-4-2-3-5-16(13)23-10-11-24-17(21)12-20-18(22)14-6-8-15(19)9-7-14/h2-9H,10-12H2,1H3,(H,20,22). The van der Waals surface area contributed by atoms with Gasteiger partial charge in [0.05, 0.1) is 0 Å². The van der Waals surface area contributed by atoms with Gasteiger partial charge in [-0.05, 0) is 42.8 Å². The Bertz CT molecular complexity index is 700. The summed E-state index contributed by atoms with van der Waals surface area (Å²) in [5, 5.41) is 3.03. The molecule has 0 atom stereocenters. The van der Waals surface area contributed by atoms with Gasteiger partial charge in [-0.2, -0.15) is 0 Å². The van der Waals surface area contributed by atoms with Gasteiger partial charge in [-0.1, -0.05) is 29.8 Å². The van der Waals surface area contributed by atoms with Crippen molar-refractivity contribution in [3.63, 3.8) is 0 Å². The first-order valence-corrected chi connectivity index (χ1v) is 7.82. The van der Waals surface area contributed by atoms with Crippen LogP contribution in [0.25, 0.3) is 0 Å². The second kappa shape index (κ2) is 8.93. The summed E-state index contributed by atoms with van der Waals surface area (Å²) in [6.07, 6.45) is 0. The molecule has 0 saturated carbocycles. The Morgan fingerprint density at radius 3 is 2.46 bits per heavy atom. The molecule has 0 aliphatic carbocycles. The molecule has 24 heavy (non-hydrogen) atoms. The Labute approximate surface area is 145 Å². The number of aryl methyl sites for hydroxylation is 1. The van der Waals surface area contributed by atoms with Crippen molar-refractivity contribution in [1.82, 2.24) is 5.32 Å². The van der Waals surface area contributed by atoms with Crippen molar-refractivity contribution in [2.75, 3.05) is 19.8 Å². The minimum absolute atomic E-state index is 0.115. The highest BCUT2D eigenvalue weighted by Gasteiger charge is 2.09. The zero-order valence-corrected chi connectivity index (χ0v) is 14.0. The largest absolute Gasteiger partial charge is 0.490 e. The SMILES string of the molecule is Cc1ccccc1OCCOC(=O)CNC(=O)c1ccc(Cl)cc1. The van der Waals surface area contributed by atoms with Crippen molar-refractivity contribution in [3.8, 4) is 5.75 Å². The Morgan fingerprint density at radius 1 is 1.04 bits per heavy atom. The normalized spacial score (nSPS) is 10.1. The Balaban J connectivity index is 1.65. The highest BCUT2D eigenvalue weighted by Crippen LogP contribution is 2.15. The molecular formula is C18H18ClNO4. The number of rotatable bonds is 7. The molecule has 0 heterocycles. The van der Waals surface area contributed by atoms with Crippen LogP contribution in [0.4, 0.5) is 0 Å². The summed E-state index contributed by atoms with van der Waals surface area (Å²) in [6, 6.07) is 14.0. The Hall–Kier alpha value is -2.53. The van der Waals surface area contributed by atoms with E-state index in [2.05, 4.69) is 5.32 Å². The lowest BCUT2D eigenvalue weighted by Crippen LogP contribution is -2.31. The van der Waals surface area contributed by atoms with Gasteiger partial charge in [-0.15, -0.1) is 0 Å². The van der Waals surface area contributed by atoms with Crippen LogP contribution in [0.2, 0.25) is 5.02 Å². The summed E-state index contributed by atoms with van der Waals surface area (Å²) in [5.41, 5.74) is 1.44. The first-order valence-electron chi connectivity index (χ1n) is 7.44. The monoisotopic (exact) mass is 347 g/mol. The van der Waals surface area contributed by atoms with Crippen LogP contribution in [0.3, 0.4) is 0 Å². The van der Waals surface area contributed by atoms with E-state index in [1.807, 2.05) is 31.2 Å². The van der Waals surface area contributed by atoms with Crippen molar-refractivity contribution < 1.29 is 19.1 Å². The van der Waals surface area contributed by atoms with E-state index >= 15 is 0 Å². The summed E-state index contributed by atoms with van der Waals surface area (Å²) in [6.45, 7) is 2.10. The molecule has 1 N–H and O–H groups in total. The van der Waals surface area contributed by atoms with Crippen LogP contribution in [-0.2, 0) is 9.53 Å². The van der Waals surface area contributed by atoms with Crippen LogP contribution in [0.1, 0.15) is 15.9 Å². The third-order valence-electron chi connectivity index (χ3n) is 3.20. The zero-order chi connectivity index (χ0) is 17.4. The molecule has 0 spiro atoms. The number of esters is 1. The molecule has 1 amide bonds. The second-order valence-electron chi connectivity index (χ2n) is 5.02.